The Morgan fingerprint density at radius 2 is 1.70 bits per heavy atom. The van der Waals surface area contributed by atoms with E-state index in [9.17, 15) is 4.79 Å². The van der Waals surface area contributed by atoms with Gasteiger partial charge in [-0.25, -0.2) is 0 Å². The molecule has 7 nitrogen and oxygen atoms in total. The van der Waals surface area contributed by atoms with E-state index in [0.29, 0.717) is 36.4 Å². The molecule has 206 valence electrons. The fourth-order valence-corrected chi connectivity index (χ4v) is 5.94. The maximum atomic E-state index is 13.0. The van der Waals surface area contributed by atoms with Gasteiger partial charge in [-0.15, -0.1) is 0 Å². The number of hydrogen-bond acceptors (Lipinski definition) is 6. The first-order chi connectivity index (χ1) is 19.6. The Labute approximate surface area is 240 Å². The number of hydrogen-bond donors (Lipinski definition) is 1. The molecule has 2 aliphatic heterocycles. The summed E-state index contributed by atoms with van der Waals surface area (Å²) in [4.78, 5) is 22.3. The van der Waals surface area contributed by atoms with Gasteiger partial charge in [-0.1, -0.05) is 77.4 Å². The average molecular weight is 556 g/mol. The van der Waals surface area contributed by atoms with Crippen LogP contribution < -0.4 is 5.32 Å². The standard InChI is InChI=1S/C32H34ClN5O2/c33-29-10-4-3-9-28(29)31-35-30(40-36-31)22-37-16-5-8-27(21-37)32(39)34-18-23-11-13-24(14-12-23)19-38-17-15-25-6-1-2-7-26(25)20-38/h1-4,6-7,9-14,27H,5,8,15-22H2,(H,34,39). The molecule has 0 aliphatic carbocycles. The number of likely N-dealkylation sites (tertiary alicyclic amines) is 1. The van der Waals surface area contributed by atoms with Crippen LogP contribution in [0.1, 0.15) is 41.0 Å². The van der Waals surface area contributed by atoms with Gasteiger partial charge >= 0.3 is 0 Å². The van der Waals surface area contributed by atoms with Crippen molar-refractivity contribution in [1.82, 2.24) is 25.3 Å². The number of benzene rings is 3. The smallest absolute Gasteiger partial charge is 0.241 e. The Bertz CT molecular complexity index is 1450. The van der Waals surface area contributed by atoms with Crippen LogP contribution in [0.2, 0.25) is 5.02 Å². The lowest BCUT2D eigenvalue weighted by Gasteiger charge is -2.30. The lowest BCUT2D eigenvalue weighted by atomic mass is 9.97. The van der Waals surface area contributed by atoms with Crippen LogP contribution in [0.25, 0.3) is 11.4 Å². The first-order valence-corrected chi connectivity index (χ1v) is 14.4. The molecule has 2 aliphatic rings. The van der Waals surface area contributed by atoms with E-state index in [1.807, 2.05) is 24.3 Å². The van der Waals surface area contributed by atoms with Crippen molar-refractivity contribution >= 4 is 17.5 Å². The highest BCUT2D eigenvalue weighted by atomic mass is 35.5. The summed E-state index contributed by atoms with van der Waals surface area (Å²) in [5, 5.41) is 7.84. The summed E-state index contributed by atoms with van der Waals surface area (Å²) in [5.74, 6) is 1.06. The first-order valence-electron chi connectivity index (χ1n) is 14.1. The number of carbonyl (C=O) groups excluding carboxylic acids is 1. The molecule has 40 heavy (non-hydrogen) atoms. The zero-order chi connectivity index (χ0) is 27.3. The van der Waals surface area contributed by atoms with Crippen molar-refractivity contribution < 1.29 is 9.32 Å². The minimum absolute atomic E-state index is 0.0547. The average Bonchev–Trinajstić information content (AvgIpc) is 3.45. The van der Waals surface area contributed by atoms with Crippen LogP contribution in [-0.2, 0) is 37.4 Å². The second kappa shape index (κ2) is 12.3. The second-order valence-corrected chi connectivity index (χ2v) is 11.2. The highest BCUT2D eigenvalue weighted by Crippen LogP contribution is 2.26. The number of fused-ring (bicyclic) bond motifs is 1. The van der Waals surface area contributed by atoms with Crippen LogP contribution in [-0.4, -0.2) is 45.5 Å². The van der Waals surface area contributed by atoms with Crippen molar-refractivity contribution in [3.8, 4) is 11.4 Å². The van der Waals surface area contributed by atoms with E-state index in [1.54, 1.807) is 0 Å². The minimum atomic E-state index is -0.0547. The van der Waals surface area contributed by atoms with E-state index in [2.05, 4.69) is 73.8 Å². The van der Waals surface area contributed by atoms with Crippen LogP contribution >= 0.6 is 11.6 Å². The van der Waals surface area contributed by atoms with Crippen molar-refractivity contribution in [2.45, 2.75) is 45.4 Å². The van der Waals surface area contributed by atoms with Gasteiger partial charge in [-0.05, 0) is 60.2 Å². The van der Waals surface area contributed by atoms with E-state index in [1.165, 1.54) is 16.7 Å². The summed E-state index contributed by atoms with van der Waals surface area (Å²) in [5.41, 5.74) is 6.08. The first kappa shape index (κ1) is 26.7. The molecule has 4 aromatic rings. The minimum Gasteiger partial charge on any atom is -0.352 e. The number of rotatable bonds is 8. The molecule has 8 heteroatoms. The molecule has 0 radical (unpaired) electrons. The maximum Gasteiger partial charge on any atom is 0.241 e. The normalized spacial score (nSPS) is 17.9. The molecule has 3 aromatic carbocycles. The summed E-state index contributed by atoms with van der Waals surface area (Å²) in [6.45, 7) is 5.66. The van der Waals surface area contributed by atoms with Crippen LogP contribution in [0.3, 0.4) is 0 Å². The summed E-state index contributed by atoms with van der Waals surface area (Å²) in [7, 11) is 0. The number of nitrogens with one attached hydrogen (secondary N) is 1. The van der Waals surface area contributed by atoms with E-state index in [-0.39, 0.29) is 11.8 Å². The number of amides is 1. The number of piperidine rings is 1. The number of aromatic nitrogens is 2. The van der Waals surface area contributed by atoms with Gasteiger partial charge in [0.1, 0.15) is 0 Å². The topological polar surface area (TPSA) is 74.5 Å². The van der Waals surface area contributed by atoms with Gasteiger partial charge < -0.3 is 9.84 Å². The molecule has 1 fully saturated rings. The third-order valence-corrected chi connectivity index (χ3v) is 8.25. The highest BCUT2D eigenvalue weighted by Gasteiger charge is 2.27. The zero-order valence-electron chi connectivity index (χ0n) is 22.6. The molecule has 0 saturated carbocycles. The summed E-state index contributed by atoms with van der Waals surface area (Å²) < 4.78 is 5.49. The van der Waals surface area contributed by atoms with Gasteiger partial charge in [-0.2, -0.15) is 4.98 Å². The number of nitrogens with zero attached hydrogens (tertiary/aromatic N) is 4. The van der Waals surface area contributed by atoms with Gasteiger partial charge in [-0.3, -0.25) is 14.6 Å². The van der Waals surface area contributed by atoms with Crippen LogP contribution in [0.4, 0.5) is 0 Å². The van der Waals surface area contributed by atoms with Crippen molar-refractivity contribution in [3.05, 3.63) is 106 Å². The predicted octanol–water partition coefficient (Wildman–Crippen LogP) is 5.48. The molecular weight excluding hydrogens is 522 g/mol. The quantitative estimate of drug-likeness (QED) is 0.310. The number of carbonyl (C=O) groups is 1. The van der Waals surface area contributed by atoms with E-state index in [4.69, 9.17) is 16.1 Å². The molecule has 1 unspecified atom stereocenters. The SMILES string of the molecule is O=C(NCc1ccc(CN2CCc3ccccc3C2)cc1)C1CCCN(Cc2nc(-c3ccccc3Cl)no2)C1. The van der Waals surface area contributed by atoms with Gasteiger partial charge in [0.15, 0.2) is 0 Å². The van der Waals surface area contributed by atoms with Crippen LogP contribution in [0.5, 0.6) is 0 Å². The summed E-state index contributed by atoms with van der Waals surface area (Å²) in [6.07, 6.45) is 2.95. The second-order valence-electron chi connectivity index (χ2n) is 10.8. The molecule has 6 rings (SSSR count). The maximum absolute atomic E-state index is 13.0. The van der Waals surface area contributed by atoms with Gasteiger partial charge in [0, 0.05) is 38.3 Å². The third-order valence-electron chi connectivity index (χ3n) is 7.92. The van der Waals surface area contributed by atoms with E-state index >= 15 is 0 Å². The summed E-state index contributed by atoms with van der Waals surface area (Å²) >= 11 is 6.27. The van der Waals surface area contributed by atoms with Gasteiger partial charge in [0.25, 0.3) is 0 Å². The van der Waals surface area contributed by atoms with E-state index < -0.39 is 0 Å². The molecule has 1 aromatic heterocycles. The van der Waals surface area contributed by atoms with Crippen molar-refractivity contribution in [3.63, 3.8) is 0 Å². The largest absolute Gasteiger partial charge is 0.352 e. The third kappa shape index (κ3) is 6.44. The molecule has 1 atom stereocenters. The Kier molecular flexibility index (Phi) is 8.23. The van der Waals surface area contributed by atoms with Crippen molar-refractivity contribution in [2.24, 2.45) is 5.92 Å². The highest BCUT2D eigenvalue weighted by molar-refractivity contribution is 6.33. The molecular formula is C32H34ClN5O2. The van der Waals surface area contributed by atoms with E-state index in [0.717, 1.165) is 56.6 Å². The molecule has 1 N–H and O–H groups in total. The van der Waals surface area contributed by atoms with Crippen LogP contribution in [0.15, 0.2) is 77.3 Å². The molecule has 1 amide bonds. The van der Waals surface area contributed by atoms with Gasteiger partial charge in [0.2, 0.25) is 17.6 Å². The molecule has 0 bridgehead atoms. The Hall–Kier alpha value is -3.52. The summed E-state index contributed by atoms with van der Waals surface area (Å²) in [6, 6.07) is 24.8. The van der Waals surface area contributed by atoms with Crippen molar-refractivity contribution in [2.75, 3.05) is 19.6 Å². The van der Waals surface area contributed by atoms with Crippen LogP contribution in [0, 0.1) is 5.92 Å². The fourth-order valence-electron chi connectivity index (χ4n) is 5.72. The molecule has 3 heterocycles. The predicted molar refractivity (Wildman–Crippen MR) is 155 cm³/mol. The lowest BCUT2D eigenvalue weighted by Crippen LogP contribution is -2.42. The monoisotopic (exact) mass is 555 g/mol. The fraction of sp³-hybridized carbons (Fsp3) is 0.344. The number of halogens is 1. The Balaban J connectivity index is 0.972. The molecule has 1 saturated heterocycles. The van der Waals surface area contributed by atoms with Gasteiger partial charge in [0.05, 0.1) is 17.5 Å². The van der Waals surface area contributed by atoms with Crippen molar-refractivity contribution in [1.29, 1.82) is 0 Å². The Morgan fingerprint density at radius 1 is 0.925 bits per heavy atom. The molecule has 0 spiro atoms. The zero-order valence-corrected chi connectivity index (χ0v) is 23.3. The Morgan fingerprint density at radius 3 is 2.55 bits per heavy atom. The lowest BCUT2D eigenvalue weighted by molar-refractivity contribution is -0.127.